The van der Waals surface area contributed by atoms with Gasteiger partial charge in [-0.3, -0.25) is 4.79 Å². The molecule has 0 bridgehead atoms. The summed E-state index contributed by atoms with van der Waals surface area (Å²) in [4.78, 5) is 26.4. The summed E-state index contributed by atoms with van der Waals surface area (Å²) in [6, 6.07) is 13.2. The van der Waals surface area contributed by atoms with E-state index >= 15 is 0 Å². The number of anilines is 2. The molecule has 4 aromatic rings. The number of hydrogen-bond donors (Lipinski definition) is 3. The van der Waals surface area contributed by atoms with Gasteiger partial charge in [-0.1, -0.05) is 30.3 Å². The zero-order valence-corrected chi connectivity index (χ0v) is 18.5. The van der Waals surface area contributed by atoms with Crippen LogP contribution in [0, 0.1) is 0 Å². The molecule has 0 saturated heterocycles. The molecule has 4 rings (SSSR count). The monoisotopic (exact) mass is 430 g/mol. The minimum Gasteiger partial charge on any atom is -0.386 e. The zero-order chi connectivity index (χ0) is 22.9. The highest BCUT2D eigenvalue weighted by atomic mass is 16.3. The van der Waals surface area contributed by atoms with E-state index in [0.29, 0.717) is 29.0 Å². The Kier molecular flexibility index (Phi) is 5.63. The lowest BCUT2D eigenvalue weighted by Gasteiger charge is -2.18. The predicted molar refractivity (Wildman–Crippen MR) is 127 cm³/mol. The van der Waals surface area contributed by atoms with Crippen LogP contribution in [0.5, 0.6) is 0 Å². The highest BCUT2D eigenvalue weighted by molar-refractivity contribution is 5.91. The van der Waals surface area contributed by atoms with E-state index in [0.717, 1.165) is 22.5 Å². The Morgan fingerprint density at radius 3 is 2.47 bits per heavy atom. The molecule has 0 aliphatic heterocycles. The van der Waals surface area contributed by atoms with Crippen molar-refractivity contribution in [1.82, 2.24) is 19.5 Å². The van der Waals surface area contributed by atoms with E-state index in [1.165, 1.54) is 10.9 Å². The third-order valence-electron chi connectivity index (χ3n) is 5.33. The maximum atomic E-state index is 12.8. The molecule has 0 atom stereocenters. The van der Waals surface area contributed by atoms with Crippen molar-refractivity contribution in [2.45, 2.75) is 26.0 Å². The van der Waals surface area contributed by atoms with Gasteiger partial charge in [0, 0.05) is 32.4 Å². The molecule has 0 unspecified atom stereocenters. The molecule has 3 aromatic heterocycles. The van der Waals surface area contributed by atoms with Crippen LogP contribution in [0.25, 0.3) is 22.2 Å². The number of fused-ring (bicyclic) bond motifs is 1. The highest BCUT2D eigenvalue weighted by Crippen LogP contribution is 2.27. The topological polar surface area (TPSA) is 105 Å². The minimum atomic E-state index is -0.924. The van der Waals surface area contributed by atoms with E-state index in [-0.39, 0.29) is 5.56 Å². The fourth-order valence-electron chi connectivity index (χ4n) is 3.41. The van der Waals surface area contributed by atoms with Crippen molar-refractivity contribution in [3.8, 4) is 11.3 Å². The molecule has 0 aliphatic carbocycles. The molecule has 3 heterocycles. The zero-order valence-electron chi connectivity index (χ0n) is 18.5. The maximum absolute atomic E-state index is 12.8. The van der Waals surface area contributed by atoms with Crippen LogP contribution in [0.2, 0.25) is 0 Å². The number of rotatable bonds is 6. The standard InChI is InChI=1S/C24H26N6O2/c1-24(2,32)17-8-6-16(7-9-17)18-11-19-21(23(31)30(4)14-28-19)22(29-18)27-13-15-5-10-20(25-3)26-12-15/h5-12,14,32H,13H2,1-4H3,(H,25,26)(H,27,29). The largest absolute Gasteiger partial charge is 0.386 e. The van der Waals surface area contributed by atoms with Crippen LogP contribution in [0.15, 0.2) is 59.8 Å². The second kappa shape index (κ2) is 8.39. The summed E-state index contributed by atoms with van der Waals surface area (Å²) in [6.45, 7) is 3.95. The summed E-state index contributed by atoms with van der Waals surface area (Å²) >= 11 is 0. The second-order valence-corrected chi connectivity index (χ2v) is 8.20. The lowest BCUT2D eigenvalue weighted by molar-refractivity contribution is 0.0786. The highest BCUT2D eigenvalue weighted by Gasteiger charge is 2.17. The molecule has 0 fully saturated rings. The van der Waals surface area contributed by atoms with Gasteiger partial charge in [0.15, 0.2) is 0 Å². The maximum Gasteiger partial charge on any atom is 0.264 e. The molecule has 0 radical (unpaired) electrons. The van der Waals surface area contributed by atoms with E-state index in [4.69, 9.17) is 4.98 Å². The Morgan fingerprint density at radius 1 is 1.09 bits per heavy atom. The first-order valence-electron chi connectivity index (χ1n) is 10.3. The van der Waals surface area contributed by atoms with Gasteiger partial charge in [0.25, 0.3) is 5.56 Å². The van der Waals surface area contributed by atoms with Gasteiger partial charge in [0.05, 0.1) is 23.1 Å². The van der Waals surface area contributed by atoms with Gasteiger partial charge in [0.2, 0.25) is 0 Å². The van der Waals surface area contributed by atoms with Gasteiger partial charge in [-0.2, -0.15) is 0 Å². The number of aromatic nitrogens is 4. The molecule has 32 heavy (non-hydrogen) atoms. The van der Waals surface area contributed by atoms with E-state index in [2.05, 4.69) is 20.6 Å². The minimum absolute atomic E-state index is 0.169. The summed E-state index contributed by atoms with van der Waals surface area (Å²) in [5, 5.41) is 16.9. The van der Waals surface area contributed by atoms with Crippen LogP contribution in [0.4, 0.5) is 11.6 Å². The fraction of sp³-hybridized carbons (Fsp3) is 0.250. The number of aryl methyl sites for hydroxylation is 1. The third kappa shape index (κ3) is 4.31. The van der Waals surface area contributed by atoms with Crippen LogP contribution in [-0.2, 0) is 19.2 Å². The molecule has 0 aliphatic rings. The lowest BCUT2D eigenvalue weighted by Crippen LogP contribution is -2.19. The Labute approximate surface area is 186 Å². The smallest absolute Gasteiger partial charge is 0.264 e. The Morgan fingerprint density at radius 2 is 1.84 bits per heavy atom. The summed E-state index contributed by atoms with van der Waals surface area (Å²) in [5.41, 5.74) is 2.79. The molecular weight excluding hydrogens is 404 g/mol. The van der Waals surface area contributed by atoms with Crippen molar-refractivity contribution in [3.05, 3.63) is 76.5 Å². The van der Waals surface area contributed by atoms with Gasteiger partial charge in [-0.05, 0) is 37.1 Å². The predicted octanol–water partition coefficient (Wildman–Crippen LogP) is 3.27. The molecule has 8 heteroatoms. The normalized spacial score (nSPS) is 11.5. The number of nitrogens with one attached hydrogen (secondary N) is 2. The fourth-order valence-corrected chi connectivity index (χ4v) is 3.41. The number of benzene rings is 1. The van der Waals surface area contributed by atoms with Crippen LogP contribution in [-0.4, -0.2) is 31.7 Å². The summed E-state index contributed by atoms with van der Waals surface area (Å²) in [7, 11) is 3.49. The van der Waals surface area contributed by atoms with E-state index in [9.17, 15) is 9.90 Å². The van der Waals surface area contributed by atoms with E-state index < -0.39 is 5.60 Å². The van der Waals surface area contributed by atoms with Crippen LogP contribution < -0.4 is 16.2 Å². The number of aliphatic hydroxyl groups is 1. The Hall–Kier alpha value is -3.78. The van der Waals surface area contributed by atoms with Crippen molar-refractivity contribution in [3.63, 3.8) is 0 Å². The van der Waals surface area contributed by atoms with Crippen LogP contribution in [0.1, 0.15) is 25.0 Å². The van der Waals surface area contributed by atoms with Crippen molar-refractivity contribution in [2.75, 3.05) is 17.7 Å². The summed E-state index contributed by atoms with van der Waals surface area (Å²) < 4.78 is 1.44. The second-order valence-electron chi connectivity index (χ2n) is 8.20. The SMILES string of the molecule is CNc1ccc(CNc2nc(-c3ccc(C(C)(C)O)cc3)cc3ncn(C)c(=O)c23)cn1. The molecule has 0 saturated carbocycles. The average molecular weight is 431 g/mol. The first-order chi connectivity index (χ1) is 15.3. The molecule has 3 N–H and O–H groups in total. The first-order valence-corrected chi connectivity index (χ1v) is 10.3. The molecule has 0 amide bonds. The van der Waals surface area contributed by atoms with Crippen molar-refractivity contribution < 1.29 is 5.11 Å². The summed E-state index contributed by atoms with van der Waals surface area (Å²) in [5.74, 6) is 1.25. The van der Waals surface area contributed by atoms with Crippen LogP contribution >= 0.6 is 0 Å². The van der Waals surface area contributed by atoms with Gasteiger partial charge < -0.3 is 20.3 Å². The molecule has 0 spiro atoms. The quantitative estimate of drug-likeness (QED) is 0.431. The Balaban J connectivity index is 1.75. The molecular formula is C24H26N6O2. The Bertz CT molecular complexity index is 1310. The number of hydrogen-bond acceptors (Lipinski definition) is 7. The van der Waals surface area contributed by atoms with E-state index in [1.54, 1.807) is 27.1 Å². The summed E-state index contributed by atoms with van der Waals surface area (Å²) in [6.07, 6.45) is 3.28. The van der Waals surface area contributed by atoms with Gasteiger partial charge >= 0.3 is 0 Å². The van der Waals surface area contributed by atoms with Gasteiger partial charge in [-0.25, -0.2) is 15.0 Å². The number of pyridine rings is 2. The van der Waals surface area contributed by atoms with Gasteiger partial charge in [-0.15, -0.1) is 0 Å². The van der Waals surface area contributed by atoms with Crippen molar-refractivity contribution >= 4 is 22.5 Å². The molecule has 164 valence electrons. The van der Waals surface area contributed by atoms with Crippen molar-refractivity contribution in [2.24, 2.45) is 7.05 Å². The molecule has 1 aromatic carbocycles. The lowest BCUT2D eigenvalue weighted by atomic mass is 9.96. The average Bonchev–Trinajstić information content (AvgIpc) is 2.79. The number of nitrogens with zero attached hydrogens (tertiary/aromatic N) is 4. The van der Waals surface area contributed by atoms with E-state index in [1.807, 2.05) is 49.5 Å². The van der Waals surface area contributed by atoms with Crippen LogP contribution in [0.3, 0.4) is 0 Å². The van der Waals surface area contributed by atoms with Gasteiger partial charge in [0.1, 0.15) is 17.0 Å². The molecule has 8 nitrogen and oxygen atoms in total. The third-order valence-corrected chi connectivity index (χ3v) is 5.33. The first kappa shape index (κ1) is 21.5. The van der Waals surface area contributed by atoms with Crippen molar-refractivity contribution in [1.29, 1.82) is 0 Å².